The van der Waals surface area contributed by atoms with Crippen LogP contribution < -0.4 is 10.2 Å². The van der Waals surface area contributed by atoms with Crippen molar-refractivity contribution in [2.75, 3.05) is 18.5 Å². The maximum absolute atomic E-state index is 12.4. The van der Waals surface area contributed by atoms with Gasteiger partial charge in [0, 0.05) is 35.8 Å². The van der Waals surface area contributed by atoms with Gasteiger partial charge in [0.15, 0.2) is 0 Å². The lowest BCUT2D eigenvalue weighted by atomic mass is 10.1. The monoisotopic (exact) mass is 366 g/mol. The summed E-state index contributed by atoms with van der Waals surface area (Å²) in [6.07, 6.45) is -4.95. The molecule has 1 aromatic rings. The van der Waals surface area contributed by atoms with Gasteiger partial charge in [-0.15, -0.1) is 0 Å². The molecule has 0 heterocycles. The molecule has 1 rings (SSSR count). The number of hydrogen-bond acceptors (Lipinski definition) is 2. The van der Waals surface area contributed by atoms with Gasteiger partial charge in [-0.25, -0.2) is 0 Å². The number of benzene rings is 1. The van der Waals surface area contributed by atoms with E-state index in [0.717, 1.165) is 15.7 Å². The van der Waals surface area contributed by atoms with Crippen LogP contribution in [0, 0.1) is 0 Å². The minimum atomic E-state index is -4.13. The second kappa shape index (κ2) is 7.01. The Balaban J connectivity index is 2.85. The minimum absolute atomic E-state index is 0.0467. The fourth-order valence-electron chi connectivity index (χ4n) is 1.82. The van der Waals surface area contributed by atoms with E-state index < -0.39 is 12.6 Å². The highest BCUT2D eigenvalue weighted by atomic mass is 79.9. The Labute approximate surface area is 132 Å². The Morgan fingerprint density at radius 3 is 2.33 bits per heavy atom. The summed E-state index contributed by atoms with van der Waals surface area (Å²) in [5.74, 6) is 0. The first kappa shape index (κ1) is 18.3. The molecule has 0 fully saturated rings. The zero-order valence-corrected chi connectivity index (χ0v) is 14.4. The van der Waals surface area contributed by atoms with Gasteiger partial charge in [-0.1, -0.05) is 22.0 Å². The molecule has 0 unspecified atom stereocenters. The summed E-state index contributed by atoms with van der Waals surface area (Å²) in [6, 6.07) is 5.69. The molecule has 21 heavy (non-hydrogen) atoms. The van der Waals surface area contributed by atoms with Crippen molar-refractivity contribution in [2.45, 2.75) is 45.5 Å². The van der Waals surface area contributed by atoms with Crippen molar-refractivity contribution in [3.8, 4) is 0 Å². The van der Waals surface area contributed by atoms with Gasteiger partial charge in [-0.05, 0) is 38.5 Å². The van der Waals surface area contributed by atoms with Gasteiger partial charge < -0.3 is 10.2 Å². The Bertz CT molecular complexity index is 467. The Morgan fingerprint density at radius 2 is 1.81 bits per heavy atom. The number of anilines is 1. The molecule has 0 saturated heterocycles. The number of rotatable bonds is 5. The lowest BCUT2D eigenvalue weighted by Crippen LogP contribution is -2.35. The van der Waals surface area contributed by atoms with Crippen LogP contribution in [0.2, 0.25) is 0 Å². The molecule has 0 spiro atoms. The van der Waals surface area contributed by atoms with Crippen LogP contribution in [0.5, 0.6) is 0 Å². The second-order valence-corrected chi connectivity index (χ2v) is 7.08. The van der Waals surface area contributed by atoms with Crippen LogP contribution in [-0.4, -0.2) is 25.3 Å². The average molecular weight is 367 g/mol. The minimum Gasteiger partial charge on any atom is -0.374 e. The maximum atomic E-state index is 12.4. The van der Waals surface area contributed by atoms with E-state index in [1.165, 1.54) is 0 Å². The Kier molecular flexibility index (Phi) is 6.11. The summed E-state index contributed by atoms with van der Waals surface area (Å²) in [4.78, 5) is 1.65. The lowest BCUT2D eigenvalue weighted by molar-refractivity contribution is -0.132. The van der Waals surface area contributed by atoms with Crippen LogP contribution in [0.3, 0.4) is 0 Å². The molecule has 0 aliphatic carbocycles. The highest BCUT2D eigenvalue weighted by Crippen LogP contribution is 2.27. The smallest absolute Gasteiger partial charge is 0.374 e. The van der Waals surface area contributed by atoms with Gasteiger partial charge in [0.2, 0.25) is 0 Å². The number of nitrogens with one attached hydrogen (secondary N) is 1. The van der Waals surface area contributed by atoms with E-state index >= 15 is 0 Å². The number of hydrogen-bond donors (Lipinski definition) is 1. The van der Waals surface area contributed by atoms with E-state index in [4.69, 9.17) is 0 Å². The molecule has 0 saturated carbocycles. The van der Waals surface area contributed by atoms with Crippen LogP contribution in [0.25, 0.3) is 0 Å². The molecule has 1 N–H and O–H groups in total. The van der Waals surface area contributed by atoms with E-state index in [-0.39, 0.29) is 12.1 Å². The first-order valence-electron chi connectivity index (χ1n) is 6.79. The lowest BCUT2D eigenvalue weighted by Gasteiger charge is -2.26. The van der Waals surface area contributed by atoms with Crippen LogP contribution in [-0.2, 0) is 6.54 Å². The molecule has 120 valence electrons. The van der Waals surface area contributed by atoms with Gasteiger partial charge in [-0.3, -0.25) is 0 Å². The number of nitrogens with zero attached hydrogens (tertiary/aromatic N) is 1. The van der Waals surface area contributed by atoms with Gasteiger partial charge in [0.25, 0.3) is 0 Å². The summed E-state index contributed by atoms with van der Waals surface area (Å²) in [7, 11) is 1.69. The quantitative estimate of drug-likeness (QED) is 0.810. The topological polar surface area (TPSA) is 15.3 Å². The average Bonchev–Trinajstić information content (AvgIpc) is 2.32. The summed E-state index contributed by atoms with van der Waals surface area (Å²) in [5.41, 5.74) is 1.75. The standard InChI is InChI=1S/C15H22BrF3N2/c1-14(2,3)20-10-11-5-6-12(16)9-13(11)21(4)8-7-15(17,18)19/h5-6,9,20H,7-8,10H2,1-4H3. The Morgan fingerprint density at radius 1 is 1.19 bits per heavy atom. The van der Waals surface area contributed by atoms with Crippen LogP contribution >= 0.6 is 15.9 Å². The highest BCUT2D eigenvalue weighted by Gasteiger charge is 2.27. The van der Waals surface area contributed by atoms with Crippen LogP contribution in [0.15, 0.2) is 22.7 Å². The van der Waals surface area contributed by atoms with E-state index in [0.29, 0.717) is 6.54 Å². The normalized spacial score (nSPS) is 12.6. The molecule has 1 aromatic carbocycles. The van der Waals surface area contributed by atoms with Gasteiger partial charge in [0.1, 0.15) is 0 Å². The van der Waals surface area contributed by atoms with Gasteiger partial charge in [-0.2, -0.15) is 13.2 Å². The van der Waals surface area contributed by atoms with Crippen LogP contribution in [0.1, 0.15) is 32.8 Å². The molecule has 2 nitrogen and oxygen atoms in total. The van der Waals surface area contributed by atoms with Gasteiger partial charge >= 0.3 is 6.18 Å². The molecule has 0 aromatic heterocycles. The molecule has 6 heteroatoms. The van der Waals surface area contributed by atoms with Gasteiger partial charge in [0.05, 0.1) is 6.42 Å². The number of alkyl halides is 3. The van der Waals surface area contributed by atoms with Crippen molar-refractivity contribution in [2.24, 2.45) is 0 Å². The molecule has 0 aliphatic rings. The summed E-state index contributed by atoms with van der Waals surface area (Å²) in [6.45, 7) is 6.72. The predicted molar refractivity (Wildman–Crippen MR) is 84.7 cm³/mol. The third-order valence-electron chi connectivity index (χ3n) is 3.00. The van der Waals surface area contributed by atoms with E-state index in [1.807, 2.05) is 18.2 Å². The van der Waals surface area contributed by atoms with Crippen molar-refractivity contribution in [3.63, 3.8) is 0 Å². The fourth-order valence-corrected chi connectivity index (χ4v) is 2.17. The second-order valence-electron chi connectivity index (χ2n) is 6.16. The maximum Gasteiger partial charge on any atom is 0.390 e. The molecular weight excluding hydrogens is 345 g/mol. The summed E-state index contributed by atoms with van der Waals surface area (Å²) >= 11 is 3.38. The molecule has 0 atom stereocenters. The van der Waals surface area contributed by atoms with E-state index in [9.17, 15) is 13.2 Å². The molecule has 0 bridgehead atoms. The van der Waals surface area contributed by atoms with Crippen molar-refractivity contribution in [3.05, 3.63) is 28.2 Å². The van der Waals surface area contributed by atoms with Crippen molar-refractivity contribution >= 4 is 21.6 Å². The third kappa shape index (κ3) is 7.18. The van der Waals surface area contributed by atoms with Crippen molar-refractivity contribution < 1.29 is 13.2 Å². The summed E-state index contributed by atoms with van der Waals surface area (Å²) in [5, 5.41) is 3.36. The van der Waals surface area contributed by atoms with Crippen molar-refractivity contribution in [1.29, 1.82) is 0 Å². The molecule has 0 radical (unpaired) electrons. The molecular formula is C15H22BrF3N2. The molecule has 0 aliphatic heterocycles. The van der Waals surface area contributed by atoms with Crippen molar-refractivity contribution in [1.82, 2.24) is 5.32 Å². The first-order valence-corrected chi connectivity index (χ1v) is 7.58. The van der Waals surface area contributed by atoms with Crippen LogP contribution in [0.4, 0.5) is 18.9 Å². The predicted octanol–water partition coefficient (Wildman–Crippen LogP) is 4.73. The zero-order valence-electron chi connectivity index (χ0n) is 12.8. The fraction of sp³-hybridized carbons (Fsp3) is 0.600. The molecule has 0 amide bonds. The highest BCUT2D eigenvalue weighted by molar-refractivity contribution is 9.10. The zero-order chi connectivity index (χ0) is 16.3. The first-order chi connectivity index (χ1) is 9.48. The SMILES string of the molecule is CN(CCC(F)(F)F)c1cc(Br)ccc1CNC(C)(C)C. The Hall–Kier alpha value is -0.750. The third-order valence-corrected chi connectivity index (χ3v) is 3.49. The largest absolute Gasteiger partial charge is 0.390 e. The van der Waals surface area contributed by atoms with E-state index in [2.05, 4.69) is 42.0 Å². The summed E-state index contributed by atoms with van der Waals surface area (Å²) < 4.78 is 38.0. The van der Waals surface area contributed by atoms with E-state index in [1.54, 1.807) is 11.9 Å². The number of halogens is 4.